The first-order valence-electron chi connectivity index (χ1n) is 6.61. The van der Waals surface area contributed by atoms with Gasteiger partial charge in [0.25, 0.3) is 10.0 Å². The molecule has 6 nitrogen and oxygen atoms in total. The smallest absolute Gasteiger partial charge is 0.265 e. The quantitative estimate of drug-likeness (QED) is 0.851. The topological polar surface area (TPSA) is 76.0 Å². The number of sulfonamides is 1. The molecule has 0 saturated carbocycles. The third kappa shape index (κ3) is 4.05. The molecule has 0 atom stereocenters. The van der Waals surface area contributed by atoms with Gasteiger partial charge in [0.2, 0.25) is 0 Å². The van der Waals surface area contributed by atoms with Crippen LogP contribution < -0.4 is 10.0 Å². The largest absolute Gasteiger partial charge is 0.352 e. The van der Waals surface area contributed by atoms with Crippen LogP contribution in [0, 0.1) is 6.92 Å². The molecule has 116 valence electrons. The van der Waals surface area contributed by atoms with E-state index in [9.17, 15) is 8.42 Å². The third-order valence-corrected chi connectivity index (χ3v) is 5.24. The number of nitrogens with one attached hydrogen (secondary N) is 2. The average molecular weight is 328 g/mol. The van der Waals surface area contributed by atoms with Gasteiger partial charge in [0, 0.05) is 36.9 Å². The van der Waals surface area contributed by atoms with Gasteiger partial charge in [-0.2, -0.15) is 0 Å². The Bertz CT molecular complexity index is 716. The maximum Gasteiger partial charge on any atom is 0.265 e. The van der Waals surface area contributed by atoms with Crippen LogP contribution in [0.2, 0.25) is 0 Å². The molecule has 2 N–H and O–H groups in total. The first-order valence-corrected chi connectivity index (χ1v) is 8.98. The maximum atomic E-state index is 12.3. The predicted octanol–water partition coefficient (Wildman–Crippen LogP) is 2.09. The molecule has 0 aliphatic rings. The molecule has 0 amide bonds. The van der Waals surface area contributed by atoms with E-state index in [1.54, 1.807) is 17.6 Å². The Morgan fingerprint density at radius 3 is 2.71 bits per heavy atom. The molecule has 0 saturated heterocycles. The van der Waals surface area contributed by atoms with Crippen LogP contribution >= 0.6 is 11.3 Å². The van der Waals surface area contributed by atoms with E-state index in [1.165, 1.54) is 11.3 Å². The Morgan fingerprint density at radius 1 is 1.43 bits per heavy atom. The fraction of sp³-hybridized carbons (Fsp3) is 0.462. The number of hydrogen-bond donors (Lipinski definition) is 2. The molecule has 2 aromatic rings. The van der Waals surface area contributed by atoms with E-state index in [0.29, 0.717) is 17.7 Å². The second kappa shape index (κ2) is 6.17. The summed E-state index contributed by atoms with van der Waals surface area (Å²) < 4.78 is 29.0. The molecule has 2 aromatic heterocycles. The van der Waals surface area contributed by atoms with Gasteiger partial charge in [-0.3, -0.25) is 4.72 Å². The normalized spacial score (nSPS) is 12.0. The summed E-state index contributed by atoms with van der Waals surface area (Å²) >= 11 is 1.28. The number of thiazole rings is 1. The molecule has 0 radical (unpaired) electrons. The number of aryl methyl sites for hydroxylation is 2. The Balaban J connectivity index is 2.18. The fourth-order valence-corrected chi connectivity index (χ4v) is 3.82. The van der Waals surface area contributed by atoms with E-state index in [4.69, 9.17) is 0 Å². The van der Waals surface area contributed by atoms with Gasteiger partial charge < -0.3 is 9.88 Å². The number of hydrogen-bond acceptors (Lipinski definition) is 5. The van der Waals surface area contributed by atoms with Gasteiger partial charge >= 0.3 is 0 Å². The molecule has 8 heteroatoms. The van der Waals surface area contributed by atoms with Crippen molar-refractivity contribution in [3.8, 4) is 0 Å². The molecule has 0 aliphatic carbocycles. The highest BCUT2D eigenvalue weighted by atomic mass is 32.2. The summed E-state index contributed by atoms with van der Waals surface area (Å²) in [5, 5.41) is 5.47. The lowest BCUT2D eigenvalue weighted by atomic mass is 10.3. The second-order valence-corrected chi connectivity index (χ2v) is 7.75. The van der Waals surface area contributed by atoms with Crippen LogP contribution in [-0.4, -0.2) is 24.0 Å². The molecule has 0 aromatic carbocycles. The minimum atomic E-state index is -3.59. The minimum absolute atomic E-state index is 0.249. The molecule has 21 heavy (non-hydrogen) atoms. The number of rotatable bonds is 6. The second-order valence-electron chi connectivity index (χ2n) is 5.21. The van der Waals surface area contributed by atoms with Gasteiger partial charge in [-0.15, -0.1) is 11.3 Å². The summed E-state index contributed by atoms with van der Waals surface area (Å²) in [6.07, 6.45) is 1.61. The zero-order valence-corrected chi connectivity index (χ0v) is 14.2. The highest BCUT2D eigenvalue weighted by molar-refractivity contribution is 7.93. The van der Waals surface area contributed by atoms with Crippen molar-refractivity contribution < 1.29 is 8.42 Å². The Morgan fingerprint density at radius 2 is 2.14 bits per heavy atom. The van der Waals surface area contributed by atoms with Crippen LogP contribution in [-0.2, 0) is 23.6 Å². The molecular weight excluding hydrogens is 308 g/mol. The number of aromatic nitrogens is 2. The first kappa shape index (κ1) is 16.0. The van der Waals surface area contributed by atoms with Crippen LogP contribution in [0.15, 0.2) is 22.5 Å². The van der Waals surface area contributed by atoms with Gasteiger partial charge in [-0.25, -0.2) is 13.4 Å². The molecule has 0 fully saturated rings. The van der Waals surface area contributed by atoms with Crippen LogP contribution in [0.5, 0.6) is 0 Å². The van der Waals surface area contributed by atoms with Crippen molar-refractivity contribution >= 4 is 26.5 Å². The summed E-state index contributed by atoms with van der Waals surface area (Å²) in [5.74, 6) is 0. The molecule has 2 heterocycles. The summed E-state index contributed by atoms with van der Waals surface area (Å²) in [6, 6.07) is 2.02. The van der Waals surface area contributed by atoms with Crippen LogP contribution in [0.3, 0.4) is 0 Å². The molecule has 2 rings (SSSR count). The van der Waals surface area contributed by atoms with E-state index in [0.717, 1.165) is 11.4 Å². The van der Waals surface area contributed by atoms with Crippen molar-refractivity contribution in [1.82, 2.24) is 14.9 Å². The van der Waals surface area contributed by atoms with Crippen LogP contribution in [0.4, 0.5) is 5.13 Å². The standard InChI is InChI=1S/C13H20N4O2S2/c1-9(2)14-6-11-5-12(7-17(11)4)21(18,19)16-13-15-10(3)8-20-13/h5,7-9,14H,6H2,1-4H3,(H,15,16). The highest BCUT2D eigenvalue weighted by Crippen LogP contribution is 2.21. The Hall–Kier alpha value is -1.38. The molecule has 0 unspecified atom stereocenters. The van der Waals surface area contributed by atoms with E-state index < -0.39 is 10.0 Å². The van der Waals surface area contributed by atoms with Gasteiger partial charge in [-0.1, -0.05) is 13.8 Å². The van der Waals surface area contributed by atoms with Crippen molar-refractivity contribution in [2.75, 3.05) is 4.72 Å². The van der Waals surface area contributed by atoms with Crippen molar-refractivity contribution in [1.29, 1.82) is 0 Å². The molecule has 0 aliphatic heterocycles. The third-order valence-electron chi connectivity index (χ3n) is 2.93. The lowest BCUT2D eigenvalue weighted by Gasteiger charge is -2.08. The monoisotopic (exact) mass is 328 g/mol. The molecular formula is C13H20N4O2S2. The summed E-state index contributed by atoms with van der Waals surface area (Å²) in [5.41, 5.74) is 1.71. The fourth-order valence-electron chi connectivity index (χ4n) is 1.78. The first-order chi connectivity index (χ1) is 9.78. The van der Waals surface area contributed by atoms with Crippen molar-refractivity contribution in [2.24, 2.45) is 7.05 Å². The molecule has 0 spiro atoms. The van der Waals surface area contributed by atoms with Crippen molar-refractivity contribution in [3.05, 3.63) is 29.0 Å². The van der Waals surface area contributed by atoms with E-state index in [1.807, 2.05) is 32.4 Å². The summed E-state index contributed by atoms with van der Waals surface area (Å²) in [6.45, 7) is 6.55. The predicted molar refractivity (Wildman–Crippen MR) is 85.0 cm³/mol. The Kier molecular flexibility index (Phi) is 4.70. The minimum Gasteiger partial charge on any atom is -0.352 e. The van der Waals surface area contributed by atoms with E-state index in [2.05, 4.69) is 15.0 Å². The maximum absolute atomic E-state index is 12.3. The highest BCUT2D eigenvalue weighted by Gasteiger charge is 2.19. The van der Waals surface area contributed by atoms with Gasteiger partial charge in [0.05, 0.1) is 5.69 Å². The number of anilines is 1. The average Bonchev–Trinajstić information content (AvgIpc) is 2.93. The zero-order chi connectivity index (χ0) is 15.6. The van der Waals surface area contributed by atoms with E-state index in [-0.39, 0.29) is 4.90 Å². The van der Waals surface area contributed by atoms with Crippen molar-refractivity contribution in [2.45, 2.75) is 38.3 Å². The lowest BCUT2D eigenvalue weighted by molar-refractivity contribution is 0.571. The lowest BCUT2D eigenvalue weighted by Crippen LogP contribution is -2.22. The van der Waals surface area contributed by atoms with E-state index >= 15 is 0 Å². The summed E-state index contributed by atoms with van der Waals surface area (Å²) in [7, 11) is -1.75. The van der Waals surface area contributed by atoms with Gasteiger partial charge in [0.1, 0.15) is 4.90 Å². The van der Waals surface area contributed by atoms with Gasteiger partial charge in [-0.05, 0) is 13.0 Å². The molecule has 0 bridgehead atoms. The SMILES string of the molecule is Cc1csc(NS(=O)(=O)c2cc(CNC(C)C)n(C)c2)n1. The van der Waals surface area contributed by atoms with Gasteiger partial charge in [0.15, 0.2) is 5.13 Å². The van der Waals surface area contributed by atoms with Crippen molar-refractivity contribution in [3.63, 3.8) is 0 Å². The zero-order valence-electron chi connectivity index (χ0n) is 12.5. The number of nitrogens with zero attached hydrogens (tertiary/aromatic N) is 2. The Labute approximate surface area is 129 Å². The summed E-state index contributed by atoms with van der Waals surface area (Å²) in [4.78, 5) is 4.37. The van der Waals surface area contributed by atoms with Crippen LogP contribution in [0.1, 0.15) is 25.2 Å². The van der Waals surface area contributed by atoms with Crippen LogP contribution in [0.25, 0.3) is 0 Å².